The van der Waals surface area contributed by atoms with E-state index < -0.39 is 29.5 Å². The van der Waals surface area contributed by atoms with E-state index in [1.807, 2.05) is 91.0 Å². The van der Waals surface area contributed by atoms with Crippen LogP contribution in [-0.2, 0) is 34.0 Å². The van der Waals surface area contributed by atoms with Crippen LogP contribution in [0, 0.1) is 0 Å². The highest BCUT2D eigenvalue weighted by molar-refractivity contribution is 5.96. The SMILES string of the molecule is C=C(C)C(=O)OCCNC(=O)OCCOc1ccc2ccc(OCCO)c(C(C)(c3ccc(-c4ccccc4)cc3)c3c(OCCO)ccc4ccc(OCCOC(=O)NCCOC(=O)C(=C)C)cc34)c2c1. The van der Waals surface area contributed by atoms with Gasteiger partial charge in [-0.05, 0) is 95.4 Å². The summed E-state index contributed by atoms with van der Waals surface area (Å²) >= 11 is 0. The van der Waals surface area contributed by atoms with E-state index in [-0.39, 0.29) is 90.3 Å². The van der Waals surface area contributed by atoms with Gasteiger partial charge in [-0.15, -0.1) is 0 Å². The lowest BCUT2D eigenvalue weighted by atomic mass is 9.67. The van der Waals surface area contributed by atoms with Crippen LogP contribution in [0.15, 0.2) is 140 Å². The summed E-state index contributed by atoms with van der Waals surface area (Å²) in [5.74, 6) is 0.764. The van der Waals surface area contributed by atoms with E-state index in [4.69, 9.17) is 37.9 Å². The Labute approximate surface area is 418 Å². The molecule has 0 saturated carbocycles. The Morgan fingerprint density at radius 2 is 0.931 bits per heavy atom. The largest absolute Gasteiger partial charge is 0.491 e. The molecule has 2 amide bonds. The normalized spacial score (nSPS) is 11.0. The molecule has 72 heavy (non-hydrogen) atoms. The first-order valence-corrected chi connectivity index (χ1v) is 23.3. The summed E-state index contributed by atoms with van der Waals surface area (Å²) in [6, 6.07) is 37.1. The highest BCUT2D eigenvalue weighted by Gasteiger charge is 2.40. The average Bonchev–Trinajstić information content (AvgIpc) is 3.39. The first-order valence-electron chi connectivity index (χ1n) is 23.3. The van der Waals surface area contributed by atoms with E-state index >= 15 is 0 Å². The molecule has 4 N–H and O–H groups in total. The summed E-state index contributed by atoms with van der Waals surface area (Å²) in [7, 11) is 0. The molecular weight excluding hydrogens is 925 g/mol. The van der Waals surface area contributed by atoms with Crippen LogP contribution in [0.3, 0.4) is 0 Å². The molecule has 0 atom stereocenters. The summed E-state index contributed by atoms with van der Waals surface area (Å²) in [5.41, 5.74) is 3.61. The second-order valence-electron chi connectivity index (χ2n) is 16.5. The Morgan fingerprint density at radius 1 is 0.500 bits per heavy atom. The molecule has 378 valence electrons. The van der Waals surface area contributed by atoms with Crippen molar-refractivity contribution in [2.24, 2.45) is 0 Å². The molecule has 0 unspecified atom stereocenters. The Balaban J connectivity index is 1.39. The summed E-state index contributed by atoms with van der Waals surface area (Å²) in [5, 5.41) is 28.4. The van der Waals surface area contributed by atoms with Crippen molar-refractivity contribution in [3.63, 3.8) is 0 Å². The number of ether oxygens (including phenoxy) is 8. The molecule has 16 heteroatoms. The molecule has 0 fully saturated rings. The van der Waals surface area contributed by atoms with Crippen molar-refractivity contribution in [3.8, 4) is 34.1 Å². The fourth-order valence-corrected chi connectivity index (χ4v) is 7.89. The van der Waals surface area contributed by atoms with Crippen LogP contribution >= 0.6 is 0 Å². The van der Waals surface area contributed by atoms with Crippen LogP contribution in [0.1, 0.15) is 37.5 Å². The van der Waals surface area contributed by atoms with Crippen molar-refractivity contribution in [3.05, 3.63) is 156 Å². The number of amides is 2. The maximum absolute atomic E-state index is 12.4. The molecule has 6 aromatic carbocycles. The fraction of sp³-hybridized carbons (Fsp3) is 0.286. The van der Waals surface area contributed by atoms with E-state index in [1.54, 1.807) is 0 Å². The number of carbonyl (C=O) groups is 4. The zero-order valence-electron chi connectivity index (χ0n) is 40.7. The summed E-state index contributed by atoms with van der Waals surface area (Å²) in [4.78, 5) is 48.1. The average molecular weight is 985 g/mol. The smallest absolute Gasteiger partial charge is 0.407 e. The first kappa shape index (κ1) is 53.3. The first-order chi connectivity index (χ1) is 34.8. The molecule has 0 aromatic heterocycles. The van der Waals surface area contributed by atoms with Gasteiger partial charge in [-0.25, -0.2) is 19.2 Å². The molecule has 0 bridgehead atoms. The van der Waals surface area contributed by atoms with Crippen LogP contribution in [0.4, 0.5) is 9.59 Å². The van der Waals surface area contributed by atoms with Gasteiger partial charge in [0, 0.05) is 22.3 Å². The molecule has 0 aliphatic heterocycles. The van der Waals surface area contributed by atoms with Gasteiger partial charge < -0.3 is 58.7 Å². The van der Waals surface area contributed by atoms with Gasteiger partial charge in [0.05, 0.1) is 31.7 Å². The van der Waals surface area contributed by atoms with Crippen LogP contribution in [-0.4, -0.2) is 113 Å². The van der Waals surface area contributed by atoms with Gasteiger partial charge in [0.1, 0.15) is 75.9 Å². The van der Waals surface area contributed by atoms with Gasteiger partial charge in [-0.1, -0.05) is 92.0 Å². The van der Waals surface area contributed by atoms with E-state index in [1.165, 1.54) is 13.8 Å². The minimum Gasteiger partial charge on any atom is -0.491 e. The maximum Gasteiger partial charge on any atom is 0.407 e. The monoisotopic (exact) mass is 984 g/mol. The standard InChI is InChI=1S/C56H60N2O14/c1-37(2)52(61)69-27-23-57-54(63)71-33-31-65-44-19-13-41-15-21-48(67-29-25-59)50(46(41)35-44)56(5,43-17-11-40(12-18-43)39-9-7-6-8-10-39)51-47-36-45(20-14-42(47)16-22-49(51)68-30-26-60)66-32-34-72-55(64)58-24-28-70-53(62)38(3)4/h6-22,35-36,59-60H,1,3,23-34H2,2,4-5H3,(H,57,63)(H,58,64). The van der Waals surface area contributed by atoms with Crippen molar-refractivity contribution in [1.82, 2.24) is 10.6 Å². The highest BCUT2D eigenvalue weighted by Crippen LogP contribution is 2.52. The van der Waals surface area contributed by atoms with Gasteiger partial charge in [-0.2, -0.15) is 0 Å². The van der Waals surface area contributed by atoms with Gasteiger partial charge in [0.2, 0.25) is 0 Å². The third kappa shape index (κ3) is 14.0. The van der Waals surface area contributed by atoms with Crippen molar-refractivity contribution in [1.29, 1.82) is 0 Å². The Hall–Kier alpha value is -8.08. The number of aliphatic hydroxyl groups excluding tert-OH is 2. The lowest BCUT2D eigenvalue weighted by Crippen LogP contribution is -2.29. The number of fused-ring (bicyclic) bond motifs is 2. The Morgan fingerprint density at radius 3 is 1.36 bits per heavy atom. The van der Waals surface area contributed by atoms with Gasteiger partial charge >= 0.3 is 24.1 Å². The van der Waals surface area contributed by atoms with Gasteiger partial charge in [0.25, 0.3) is 0 Å². The van der Waals surface area contributed by atoms with Crippen molar-refractivity contribution < 1.29 is 67.3 Å². The quantitative estimate of drug-likeness (QED) is 0.0133. The predicted octanol–water partition coefficient (Wildman–Crippen LogP) is 8.21. The molecule has 0 aliphatic rings. The number of esters is 2. The predicted molar refractivity (Wildman–Crippen MR) is 272 cm³/mol. The van der Waals surface area contributed by atoms with E-state index in [0.717, 1.165) is 38.2 Å². The molecule has 16 nitrogen and oxygen atoms in total. The lowest BCUT2D eigenvalue weighted by Gasteiger charge is -2.36. The topological polar surface area (TPSA) is 207 Å². The Kier molecular flexibility index (Phi) is 19.4. The summed E-state index contributed by atoms with van der Waals surface area (Å²) in [6.45, 7) is 11.5. The second-order valence-corrected chi connectivity index (χ2v) is 16.5. The minimum atomic E-state index is -1.15. The second kappa shape index (κ2) is 26.2. The molecule has 0 heterocycles. The number of hydrogen-bond acceptors (Lipinski definition) is 14. The fourth-order valence-electron chi connectivity index (χ4n) is 7.89. The molecule has 0 aliphatic carbocycles. The number of aliphatic hydroxyl groups is 2. The number of benzene rings is 6. The molecule has 0 saturated heterocycles. The van der Waals surface area contributed by atoms with E-state index in [2.05, 4.69) is 55.0 Å². The van der Waals surface area contributed by atoms with Gasteiger partial charge in [-0.3, -0.25) is 0 Å². The zero-order valence-corrected chi connectivity index (χ0v) is 40.7. The minimum absolute atomic E-state index is 0.00570. The van der Waals surface area contributed by atoms with Gasteiger partial charge in [0.15, 0.2) is 0 Å². The van der Waals surface area contributed by atoms with E-state index in [9.17, 15) is 29.4 Å². The Bertz CT molecular complexity index is 2700. The van der Waals surface area contributed by atoms with Crippen molar-refractivity contribution in [2.45, 2.75) is 26.2 Å². The third-order valence-corrected chi connectivity index (χ3v) is 11.3. The highest BCUT2D eigenvalue weighted by atomic mass is 16.6. The van der Waals surface area contributed by atoms with Crippen LogP contribution in [0.2, 0.25) is 0 Å². The number of nitrogens with one attached hydrogen (secondary N) is 2. The van der Waals surface area contributed by atoms with Crippen molar-refractivity contribution in [2.75, 3.05) is 79.2 Å². The van der Waals surface area contributed by atoms with Crippen LogP contribution in [0.25, 0.3) is 32.7 Å². The third-order valence-electron chi connectivity index (χ3n) is 11.3. The number of alkyl carbamates (subject to hydrolysis) is 2. The summed E-state index contributed by atoms with van der Waals surface area (Å²) in [6.07, 6.45) is -1.41. The number of rotatable bonds is 26. The maximum atomic E-state index is 12.4. The number of carbonyl (C=O) groups excluding carboxylic acids is 4. The molecule has 6 aromatic rings. The molecule has 6 rings (SSSR count). The zero-order chi connectivity index (χ0) is 51.5. The van der Waals surface area contributed by atoms with Crippen molar-refractivity contribution >= 4 is 45.7 Å². The van der Waals surface area contributed by atoms with Crippen LogP contribution in [0.5, 0.6) is 23.0 Å². The lowest BCUT2D eigenvalue weighted by molar-refractivity contribution is -0.139. The molecular formula is C56H60N2O14. The van der Waals surface area contributed by atoms with E-state index in [0.29, 0.717) is 34.1 Å². The molecule has 0 spiro atoms. The molecule has 0 radical (unpaired) electrons. The summed E-state index contributed by atoms with van der Waals surface area (Å²) < 4.78 is 45.9. The van der Waals surface area contributed by atoms with Crippen LogP contribution < -0.4 is 29.6 Å². The number of hydrogen-bond donors (Lipinski definition) is 4.